The van der Waals surface area contributed by atoms with Crippen molar-refractivity contribution >= 4 is 168 Å². The summed E-state index contributed by atoms with van der Waals surface area (Å²) in [5.74, 6) is -1.23. The molecule has 3 atom stereocenters. The van der Waals surface area contributed by atoms with Crippen LogP contribution >= 0.6 is 115 Å². The van der Waals surface area contributed by atoms with E-state index < -0.39 is 0 Å². The number of hydrogen-bond donors (Lipinski definition) is 3. The zero-order chi connectivity index (χ0) is 74.3. The van der Waals surface area contributed by atoms with Crippen molar-refractivity contribution in [2.75, 3.05) is 80.6 Å². The lowest BCUT2D eigenvalue weighted by atomic mass is 10.0. The fourth-order valence-electron chi connectivity index (χ4n) is 13.6. The molecule has 3 saturated heterocycles. The lowest BCUT2D eigenvalue weighted by Crippen LogP contribution is -2.47. The number of halogens is 9. The molecular weight excluding hydrogens is 1570 g/mol. The van der Waals surface area contributed by atoms with Crippen molar-refractivity contribution in [3.8, 4) is 17.1 Å². The van der Waals surface area contributed by atoms with Gasteiger partial charge < -0.3 is 28.4 Å². The SMILES string of the molecule is COC[C@@H]1CCCN1NC(=O)c1nn(-c2ccc(Cl)cc2Cl)c2c1COC/C2=C\c1ccc(Cl)s1.COC[C@H]1CCCN1NC(=O)c1nn(-c2ccc(Cl)cc2Cl)c2c1COC/C2=C\c1ccc(Cl)s1.COC[C@H]1CCCN1NC(=O)c1nn(-c2ccc(Cl)cc2Cl)c2c1COC/C2=C\c1ccc(F)cc1. The Morgan fingerprint density at radius 3 is 1.09 bits per heavy atom. The van der Waals surface area contributed by atoms with E-state index in [-0.39, 0.29) is 67.2 Å². The van der Waals surface area contributed by atoms with Crippen molar-refractivity contribution in [3.05, 3.63) is 214 Å². The van der Waals surface area contributed by atoms with Crippen molar-refractivity contribution in [2.45, 2.75) is 76.5 Å². The molecule has 6 aliphatic heterocycles. The van der Waals surface area contributed by atoms with Crippen LogP contribution in [0.5, 0.6) is 0 Å². The van der Waals surface area contributed by atoms with Gasteiger partial charge in [-0.2, -0.15) is 15.3 Å². The van der Waals surface area contributed by atoms with Crippen LogP contribution in [-0.2, 0) is 48.2 Å². The molecule has 5 aromatic heterocycles. The van der Waals surface area contributed by atoms with E-state index in [1.807, 2.05) is 57.5 Å². The monoisotopic (exact) mass is 1630 g/mol. The van der Waals surface area contributed by atoms with Crippen LogP contribution in [0.25, 0.3) is 52.0 Å². The molecule has 3 amide bonds. The van der Waals surface area contributed by atoms with Crippen LogP contribution in [0, 0.1) is 5.82 Å². The second kappa shape index (κ2) is 35.4. The van der Waals surface area contributed by atoms with Crippen LogP contribution in [0.2, 0.25) is 38.8 Å². The average molecular weight is 1640 g/mol. The van der Waals surface area contributed by atoms with Crippen molar-refractivity contribution in [2.24, 2.45) is 0 Å². The van der Waals surface area contributed by atoms with Gasteiger partial charge in [0, 0.05) is 99.2 Å². The van der Waals surface area contributed by atoms with Gasteiger partial charge in [0.1, 0.15) is 5.82 Å². The summed E-state index contributed by atoms with van der Waals surface area (Å²) in [5.41, 5.74) is 19.4. The summed E-state index contributed by atoms with van der Waals surface area (Å²) in [6, 6.07) is 29.6. The van der Waals surface area contributed by atoms with Crippen molar-refractivity contribution in [3.63, 3.8) is 0 Å². The number of nitrogens with one attached hydrogen (secondary N) is 3. The number of hydrogen-bond acceptors (Lipinski definition) is 17. The van der Waals surface area contributed by atoms with E-state index in [1.54, 1.807) is 102 Å². The molecule has 15 rings (SSSR count). The van der Waals surface area contributed by atoms with Gasteiger partial charge in [-0.1, -0.05) is 105 Å². The molecule has 0 radical (unpaired) electrons. The van der Waals surface area contributed by atoms with Gasteiger partial charge in [0.25, 0.3) is 17.7 Å². The minimum absolute atomic E-state index is 0.104. The molecule has 9 aromatic rings. The smallest absolute Gasteiger partial charge is 0.286 e. The molecular formula is C74H71Cl8FN12O9S2. The Morgan fingerprint density at radius 2 is 0.792 bits per heavy atom. The van der Waals surface area contributed by atoms with E-state index in [9.17, 15) is 18.8 Å². The third-order valence-electron chi connectivity index (χ3n) is 18.4. The summed E-state index contributed by atoms with van der Waals surface area (Å²) in [5, 5.41) is 22.7. The average Bonchev–Trinajstić information content (AvgIpc) is 1.61. The Labute approximate surface area is 659 Å². The predicted molar refractivity (Wildman–Crippen MR) is 416 cm³/mol. The number of aromatic nitrogens is 6. The van der Waals surface area contributed by atoms with Crippen molar-refractivity contribution in [1.82, 2.24) is 60.6 Å². The number of carbonyl (C=O) groups excluding carboxylic acids is 3. The fraction of sp³-hybridized carbons (Fsp3) is 0.324. The number of methoxy groups -OCH3 is 3. The molecule has 0 bridgehead atoms. The first-order valence-corrected chi connectivity index (χ1v) is 38.5. The van der Waals surface area contributed by atoms with E-state index in [4.69, 9.17) is 137 Å². The molecule has 6 aliphatic rings. The number of carbonyl (C=O) groups is 3. The number of amides is 3. The van der Waals surface area contributed by atoms with Gasteiger partial charge in [0.2, 0.25) is 0 Å². The van der Waals surface area contributed by atoms with E-state index in [0.717, 1.165) is 107 Å². The van der Waals surface area contributed by atoms with Crippen LogP contribution in [-0.4, -0.2) is 161 Å². The van der Waals surface area contributed by atoms with Gasteiger partial charge in [-0.3, -0.25) is 30.7 Å². The highest BCUT2D eigenvalue weighted by Crippen LogP contribution is 2.41. The molecule has 0 spiro atoms. The van der Waals surface area contributed by atoms with E-state index >= 15 is 0 Å². The molecule has 11 heterocycles. The van der Waals surface area contributed by atoms with Crippen LogP contribution in [0.3, 0.4) is 0 Å². The molecule has 0 aliphatic carbocycles. The molecule has 21 nitrogen and oxygen atoms in total. The summed E-state index contributed by atoms with van der Waals surface area (Å²) in [6.07, 6.45) is 11.7. The fourth-order valence-corrected chi connectivity index (χ4v) is 17.1. The summed E-state index contributed by atoms with van der Waals surface area (Å²) >= 11 is 53.3. The number of fused-ring (bicyclic) bond motifs is 3. The van der Waals surface area contributed by atoms with Gasteiger partial charge in [-0.05, 0) is 153 Å². The normalized spacial score (nSPS) is 19.2. The maximum atomic E-state index is 13.5. The van der Waals surface area contributed by atoms with Gasteiger partial charge in [0.15, 0.2) is 17.1 Å². The highest BCUT2D eigenvalue weighted by atomic mass is 35.5. The molecule has 106 heavy (non-hydrogen) atoms. The largest absolute Gasteiger partial charge is 0.383 e. The highest BCUT2D eigenvalue weighted by molar-refractivity contribution is 7.17. The summed E-state index contributed by atoms with van der Waals surface area (Å²) in [7, 11) is 4.98. The highest BCUT2D eigenvalue weighted by Gasteiger charge is 2.37. The third kappa shape index (κ3) is 17.8. The molecule has 3 N–H and O–H groups in total. The topological polar surface area (TPSA) is 206 Å². The zero-order valence-electron chi connectivity index (χ0n) is 57.4. The number of hydrazine groups is 3. The van der Waals surface area contributed by atoms with Crippen LogP contribution in [0.4, 0.5) is 4.39 Å². The van der Waals surface area contributed by atoms with Crippen molar-refractivity contribution in [1.29, 1.82) is 0 Å². The van der Waals surface area contributed by atoms with Crippen LogP contribution < -0.4 is 16.3 Å². The van der Waals surface area contributed by atoms with E-state index in [1.165, 1.54) is 34.8 Å². The predicted octanol–water partition coefficient (Wildman–Crippen LogP) is 16.6. The van der Waals surface area contributed by atoms with Crippen LogP contribution in [0.1, 0.15) is 119 Å². The Hall–Kier alpha value is -6.57. The standard InChI is InChI=1S/C26H25Cl2FN4O3.2C24H23Cl3N4O3S/c1-35-14-20-3-2-10-32(20)31-26(34)24-21-15-36-13-17(11-16-4-7-19(29)8-5-16)25(21)33(30-24)23-9-6-18(27)12-22(23)28;2*1-33-12-16-3-2-8-30(16)29-24(32)22-18-13-34-11-14(9-17-5-7-21(27)35-17)23(18)31(28-22)20-6-4-15(25)10-19(20)26/h4-9,11-12,20H,2-3,10,13-15H2,1H3,(H,31,34);2*4-7,9-10,16H,2-3,8,11-13H2,1H3,(H,29,32)/b17-11+;2*14-9+/t20-;2*16-/m110/s1. The molecule has 32 heteroatoms. The molecule has 556 valence electrons. The van der Waals surface area contributed by atoms with Crippen molar-refractivity contribution < 1.29 is 47.2 Å². The summed E-state index contributed by atoms with van der Waals surface area (Å²) in [4.78, 5) is 42.3. The molecule has 0 saturated carbocycles. The Kier molecular flexibility index (Phi) is 25.9. The maximum Gasteiger partial charge on any atom is 0.286 e. The second-order valence-corrected chi connectivity index (χ2v) is 31.6. The second-order valence-electron chi connectivity index (χ2n) is 25.5. The Bertz CT molecular complexity index is 4630. The Morgan fingerprint density at radius 1 is 0.462 bits per heavy atom. The minimum atomic E-state index is -0.329. The number of thiophene rings is 2. The lowest BCUT2D eigenvalue weighted by Gasteiger charge is -2.24. The Balaban J connectivity index is 0.000000141. The van der Waals surface area contributed by atoms with Gasteiger partial charge in [-0.15, -0.1) is 22.7 Å². The minimum Gasteiger partial charge on any atom is -0.383 e. The molecule has 3 fully saturated rings. The maximum absolute atomic E-state index is 13.5. The van der Waals surface area contributed by atoms with E-state index in [2.05, 4.69) is 16.3 Å². The molecule has 4 aromatic carbocycles. The van der Waals surface area contributed by atoms with E-state index in [0.29, 0.717) is 124 Å². The third-order valence-corrected chi connectivity index (χ3v) is 22.4. The molecule has 0 unspecified atom stereocenters. The number of nitrogens with zero attached hydrogens (tertiary/aromatic N) is 9. The van der Waals surface area contributed by atoms with Gasteiger partial charge in [0.05, 0.1) is 135 Å². The number of rotatable bonds is 18. The van der Waals surface area contributed by atoms with Gasteiger partial charge >= 0.3 is 0 Å². The van der Waals surface area contributed by atoms with Crippen LogP contribution in [0.15, 0.2) is 103 Å². The quantitative estimate of drug-likeness (QED) is 0.0731. The number of benzene rings is 4. The number of ether oxygens (including phenoxy) is 6. The van der Waals surface area contributed by atoms with Gasteiger partial charge in [-0.25, -0.2) is 33.5 Å². The zero-order valence-corrected chi connectivity index (χ0v) is 65.1. The first-order valence-electron chi connectivity index (χ1n) is 33.9. The lowest BCUT2D eigenvalue weighted by molar-refractivity contribution is 0.0597. The first kappa shape index (κ1) is 77.6. The summed E-state index contributed by atoms with van der Waals surface area (Å²) < 4.78 is 53.5. The first-order chi connectivity index (χ1) is 51.3. The summed E-state index contributed by atoms with van der Waals surface area (Å²) in [6.45, 7) is 5.62.